The van der Waals surface area contributed by atoms with Gasteiger partial charge in [0, 0.05) is 31.4 Å². The number of rotatable bonds is 3. The molecule has 1 atom stereocenters. The molecule has 21 heavy (non-hydrogen) atoms. The summed E-state index contributed by atoms with van der Waals surface area (Å²) in [6, 6.07) is 2.75. The van der Waals surface area contributed by atoms with Gasteiger partial charge in [-0.3, -0.25) is 4.90 Å². The number of nitrogens with two attached hydrogens (primary N) is 1. The first-order chi connectivity index (χ1) is 9.77. The number of benzene rings is 1. The van der Waals surface area contributed by atoms with Crippen LogP contribution in [0.15, 0.2) is 17.0 Å². The Morgan fingerprint density at radius 3 is 2.62 bits per heavy atom. The minimum Gasteiger partial charge on any atom is -0.399 e. The van der Waals surface area contributed by atoms with Crippen molar-refractivity contribution in [3.05, 3.63) is 23.5 Å². The first-order valence-corrected chi connectivity index (χ1v) is 8.51. The fourth-order valence-electron chi connectivity index (χ4n) is 2.74. The quantitative estimate of drug-likeness (QED) is 0.857. The van der Waals surface area contributed by atoms with Crippen LogP contribution in [-0.2, 0) is 10.0 Å². The minimum absolute atomic E-state index is 0.115. The van der Waals surface area contributed by atoms with Crippen LogP contribution in [0.4, 0.5) is 10.1 Å². The van der Waals surface area contributed by atoms with Crippen LogP contribution in [0, 0.1) is 12.7 Å². The maximum atomic E-state index is 14.2. The van der Waals surface area contributed by atoms with E-state index in [4.69, 9.17) is 5.73 Å². The van der Waals surface area contributed by atoms with E-state index in [0.29, 0.717) is 19.6 Å². The maximum Gasteiger partial charge on any atom is 0.246 e. The molecule has 1 aromatic rings. The summed E-state index contributed by atoms with van der Waals surface area (Å²) in [5.74, 6) is -0.713. The van der Waals surface area contributed by atoms with Gasteiger partial charge in [0.05, 0.1) is 0 Å². The predicted molar refractivity (Wildman–Crippen MR) is 81.0 cm³/mol. The Balaban J connectivity index is 2.36. The number of piperazine rings is 1. The number of aryl methyl sites for hydroxylation is 1. The largest absolute Gasteiger partial charge is 0.399 e. The van der Waals surface area contributed by atoms with Crippen LogP contribution in [0.25, 0.3) is 0 Å². The van der Waals surface area contributed by atoms with E-state index in [1.165, 1.54) is 23.4 Å². The molecule has 0 aliphatic carbocycles. The summed E-state index contributed by atoms with van der Waals surface area (Å²) >= 11 is 0. The van der Waals surface area contributed by atoms with Crippen LogP contribution >= 0.6 is 0 Å². The molecule has 1 aliphatic heterocycles. The molecule has 1 unspecified atom stereocenters. The average molecular weight is 315 g/mol. The van der Waals surface area contributed by atoms with Gasteiger partial charge in [-0.15, -0.1) is 0 Å². The van der Waals surface area contributed by atoms with Gasteiger partial charge in [-0.2, -0.15) is 4.31 Å². The zero-order valence-corrected chi connectivity index (χ0v) is 13.5. The van der Waals surface area contributed by atoms with Gasteiger partial charge in [-0.1, -0.05) is 6.92 Å². The second-order valence-electron chi connectivity index (χ2n) is 5.49. The van der Waals surface area contributed by atoms with Crippen molar-refractivity contribution in [2.45, 2.75) is 31.7 Å². The zero-order valence-electron chi connectivity index (χ0n) is 12.6. The lowest BCUT2D eigenvalue weighted by Crippen LogP contribution is -2.53. The van der Waals surface area contributed by atoms with Crippen LogP contribution in [-0.4, -0.2) is 49.8 Å². The van der Waals surface area contributed by atoms with Crippen molar-refractivity contribution < 1.29 is 12.8 Å². The Morgan fingerprint density at radius 1 is 1.38 bits per heavy atom. The second kappa shape index (κ2) is 5.90. The van der Waals surface area contributed by atoms with Crippen molar-refractivity contribution in [1.29, 1.82) is 0 Å². The van der Waals surface area contributed by atoms with E-state index in [9.17, 15) is 12.8 Å². The minimum atomic E-state index is -3.85. The van der Waals surface area contributed by atoms with Gasteiger partial charge in [0.15, 0.2) is 0 Å². The lowest BCUT2D eigenvalue weighted by atomic mass is 10.2. The lowest BCUT2D eigenvalue weighted by Gasteiger charge is -2.38. The van der Waals surface area contributed by atoms with Gasteiger partial charge in [0.2, 0.25) is 10.0 Å². The molecule has 0 spiro atoms. The Morgan fingerprint density at radius 2 is 2.05 bits per heavy atom. The summed E-state index contributed by atoms with van der Waals surface area (Å²) in [4.78, 5) is 1.88. The molecule has 2 N–H and O–H groups in total. The molecule has 0 aromatic heterocycles. The van der Waals surface area contributed by atoms with Crippen LogP contribution < -0.4 is 5.73 Å². The van der Waals surface area contributed by atoms with Crippen molar-refractivity contribution in [2.24, 2.45) is 0 Å². The maximum absolute atomic E-state index is 14.2. The Labute approximate surface area is 125 Å². The normalized spacial score (nSPS) is 21.6. The monoisotopic (exact) mass is 315 g/mol. The highest BCUT2D eigenvalue weighted by Crippen LogP contribution is 2.26. The summed E-state index contributed by atoms with van der Waals surface area (Å²) in [6.07, 6.45) is 0. The van der Waals surface area contributed by atoms with Gasteiger partial charge in [0.25, 0.3) is 0 Å². The second-order valence-corrected chi connectivity index (χ2v) is 7.40. The van der Waals surface area contributed by atoms with Gasteiger partial charge in [0.1, 0.15) is 10.7 Å². The lowest BCUT2D eigenvalue weighted by molar-refractivity contribution is 0.135. The number of halogens is 1. The first kappa shape index (κ1) is 16.2. The fourth-order valence-corrected chi connectivity index (χ4v) is 4.43. The van der Waals surface area contributed by atoms with Crippen LogP contribution in [0.1, 0.15) is 19.4 Å². The first-order valence-electron chi connectivity index (χ1n) is 7.07. The van der Waals surface area contributed by atoms with Crippen LogP contribution in [0.3, 0.4) is 0 Å². The van der Waals surface area contributed by atoms with Crippen molar-refractivity contribution in [3.63, 3.8) is 0 Å². The van der Waals surface area contributed by atoms with Crippen molar-refractivity contribution >= 4 is 15.7 Å². The summed E-state index contributed by atoms with van der Waals surface area (Å²) in [5.41, 5.74) is 6.17. The van der Waals surface area contributed by atoms with Crippen molar-refractivity contribution in [1.82, 2.24) is 9.21 Å². The summed E-state index contributed by atoms with van der Waals surface area (Å²) in [6.45, 7) is 7.80. The van der Waals surface area contributed by atoms with Gasteiger partial charge in [-0.25, -0.2) is 12.8 Å². The van der Waals surface area contributed by atoms with Gasteiger partial charge in [-0.05, 0) is 38.1 Å². The molecule has 5 nitrogen and oxygen atoms in total. The third kappa shape index (κ3) is 3.04. The Kier molecular flexibility index (Phi) is 4.55. The summed E-state index contributed by atoms with van der Waals surface area (Å²) in [7, 11) is -3.85. The molecule has 118 valence electrons. The summed E-state index contributed by atoms with van der Waals surface area (Å²) in [5, 5.41) is 0. The number of nitrogens with zero attached hydrogens (tertiary/aromatic N) is 2. The molecule has 1 saturated heterocycles. The van der Waals surface area contributed by atoms with E-state index in [-0.39, 0.29) is 22.2 Å². The highest BCUT2D eigenvalue weighted by Gasteiger charge is 2.33. The van der Waals surface area contributed by atoms with Crippen molar-refractivity contribution in [3.8, 4) is 0 Å². The number of sulfonamides is 1. The zero-order chi connectivity index (χ0) is 15.8. The molecule has 1 aromatic carbocycles. The highest BCUT2D eigenvalue weighted by molar-refractivity contribution is 7.89. The predicted octanol–water partition coefficient (Wildman–Crippen LogP) is 1.43. The summed E-state index contributed by atoms with van der Waals surface area (Å²) < 4.78 is 40.9. The molecule has 2 rings (SSSR count). The molecule has 7 heteroatoms. The highest BCUT2D eigenvalue weighted by atomic mass is 32.2. The topological polar surface area (TPSA) is 66.6 Å². The van der Waals surface area contributed by atoms with E-state index < -0.39 is 15.8 Å². The number of hydrogen-bond acceptors (Lipinski definition) is 4. The fraction of sp³-hybridized carbons (Fsp3) is 0.571. The molecule has 1 fully saturated rings. The van der Waals surface area contributed by atoms with E-state index >= 15 is 0 Å². The standard InChI is InChI=1S/C14H22FN3O2S/c1-4-17-5-6-18(9-11(17)3)21(19,20)13-8-12(16)7-10(2)14(13)15/h7-8,11H,4-6,9,16H2,1-3H3. The van der Waals surface area contributed by atoms with Crippen LogP contribution in [0.2, 0.25) is 0 Å². The molecule has 0 amide bonds. The SMILES string of the molecule is CCN1CCN(S(=O)(=O)c2cc(N)cc(C)c2F)CC1C. The van der Waals surface area contributed by atoms with E-state index in [2.05, 4.69) is 4.90 Å². The number of likely N-dealkylation sites (N-methyl/N-ethyl adjacent to an activating group) is 1. The van der Waals surface area contributed by atoms with Gasteiger partial charge < -0.3 is 5.73 Å². The Bertz CT molecular complexity index is 633. The number of nitrogen functional groups attached to an aromatic ring is 1. The third-order valence-corrected chi connectivity index (χ3v) is 5.86. The molecular weight excluding hydrogens is 293 g/mol. The number of anilines is 1. The smallest absolute Gasteiger partial charge is 0.246 e. The molecular formula is C14H22FN3O2S. The van der Waals surface area contributed by atoms with Crippen LogP contribution in [0.5, 0.6) is 0 Å². The molecule has 1 heterocycles. The van der Waals surface area contributed by atoms with E-state index in [0.717, 1.165) is 6.54 Å². The van der Waals surface area contributed by atoms with E-state index in [1.54, 1.807) is 0 Å². The van der Waals surface area contributed by atoms with E-state index in [1.807, 2.05) is 13.8 Å². The molecule has 0 bridgehead atoms. The Hall–Kier alpha value is -1.18. The molecule has 0 saturated carbocycles. The third-order valence-electron chi connectivity index (χ3n) is 4.00. The average Bonchev–Trinajstić information content (AvgIpc) is 2.42. The number of hydrogen-bond donors (Lipinski definition) is 1. The molecule has 1 aliphatic rings. The van der Waals surface area contributed by atoms with Gasteiger partial charge >= 0.3 is 0 Å². The van der Waals surface area contributed by atoms with Crippen molar-refractivity contribution in [2.75, 3.05) is 31.9 Å². The molecule has 0 radical (unpaired) electrons.